The highest BCUT2D eigenvalue weighted by Crippen LogP contribution is 2.39. The van der Waals surface area contributed by atoms with Gasteiger partial charge in [0.25, 0.3) is 0 Å². The van der Waals surface area contributed by atoms with Gasteiger partial charge in [-0.2, -0.15) is 0 Å². The predicted octanol–water partition coefficient (Wildman–Crippen LogP) is 7.99. The summed E-state index contributed by atoms with van der Waals surface area (Å²) < 4.78 is 47.4. The van der Waals surface area contributed by atoms with Crippen molar-refractivity contribution in [3.05, 3.63) is 48.7 Å². The number of β-amino-alcohol motifs (C(OH)–C–C–N with tert-alkyl or cyclic N) is 1. The molecule has 3 saturated heterocycles. The Kier molecular flexibility index (Phi) is 15.2. The zero-order valence-corrected chi connectivity index (χ0v) is 34.4. The van der Waals surface area contributed by atoms with Crippen LogP contribution in [0.3, 0.4) is 0 Å². The van der Waals surface area contributed by atoms with E-state index in [1.165, 1.54) is 57.6 Å². The second kappa shape index (κ2) is 20.0. The summed E-state index contributed by atoms with van der Waals surface area (Å²) in [5.74, 6) is 0.677. The van der Waals surface area contributed by atoms with E-state index in [2.05, 4.69) is 26.6 Å². The number of ether oxygens (including phenoxy) is 1. The van der Waals surface area contributed by atoms with Crippen LogP contribution in [-0.4, -0.2) is 103 Å². The average molecular weight is 781 g/mol. The van der Waals surface area contributed by atoms with Crippen molar-refractivity contribution in [2.24, 2.45) is 0 Å². The smallest absolute Gasteiger partial charge is 0.210 e. The van der Waals surface area contributed by atoms with E-state index in [1.54, 1.807) is 30.5 Å². The molecule has 6 rings (SSSR count). The average Bonchev–Trinajstić information content (AvgIpc) is 3.19. The second-order valence-corrected chi connectivity index (χ2v) is 19.2. The summed E-state index contributed by atoms with van der Waals surface area (Å²) in [5, 5.41) is 10.9. The van der Waals surface area contributed by atoms with Crippen molar-refractivity contribution in [1.82, 2.24) is 14.8 Å². The van der Waals surface area contributed by atoms with Crippen molar-refractivity contribution < 1.29 is 22.5 Å². The molecule has 11 heteroatoms. The molecule has 1 N–H and O–H groups in total. The normalized spacial score (nSPS) is 20.4. The molecule has 3 aliphatic rings. The number of aliphatic hydroxyl groups excluding tert-OH is 1. The van der Waals surface area contributed by atoms with Gasteiger partial charge in [-0.05, 0) is 107 Å². The monoisotopic (exact) mass is 780 g/mol. The molecule has 2 atom stereocenters. The standard InChI is InChI=1S/C43H64N4O5S2/c1-3-4-5-6-7-8-9-10-11-12-30-52-37-15-18-39(19-16-37)54(50,51)42-32-44-41-20-17-38(53(2)49)31-40(41)43(42)46-28-23-34(24-29-46)45-26-21-35(22-27-45)47-25-13-14-36(48)33-47/h15-20,31-32,34-36,48H,3-14,21-30,33H2,1-2H3/t36-,53+/m1/s1. The number of fused-ring (bicyclic) bond motifs is 1. The van der Waals surface area contributed by atoms with Crippen LogP contribution in [0.1, 0.15) is 110 Å². The third kappa shape index (κ3) is 10.6. The van der Waals surface area contributed by atoms with Crippen LogP contribution in [0.15, 0.2) is 63.3 Å². The van der Waals surface area contributed by atoms with Gasteiger partial charge in [-0.15, -0.1) is 0 Å². The zero-order chi connectivity index (χ0) is 37.9. The Bertz CT molecular complexity index is 1760. The van der Waals surface area contributed by atoms with Crippen LogP contribution >= 0.6 is 0 Å². The Balaban J connectivity index is 1.09. The Morgan fingerprint density at radius 2 is 1.43 bits per heavy atom. The van der Waals surface area contributed by atoms with Gasteiger partial charge in [0.15, 0.2) is 0 Å². The van der Waals surface area contributed by atoms with E-state index in [0.29, 0.717) is 40.5 Å². The molecule has 3 fully saturated rings. The highest BCUT2D eigenvalue weighted by molar-refractivity contribution is 7.91. The maximum absolute atomic E-state index is 14.4. The number of unbranched alkanes of at least 4 members (excludes halogenated alkanes) is 9. The van der Waals surface area contributed by atoms with Crippen LogP contribution < -0.4 is 9.64 Å². The second-order valence-electron chi connectivity index (χ2n) is 15.9. The van der Waals surface area contributed by atoms with Gasteiger partial charge in [0.05, 0.1) is 28.8 Å². The lowest BCUT2D eigenvalue weighted by atomic mass is 9.95. The number of benzene rings is 2. The molecule has 0 bridgehead atoms. The van der Waals surface area contributed by atoms with Crippen LogP contribution in [0, 0.1) is 0 Å². The Morgan fingerprint density at radius 1 is 0.796 bits per heavy atom. The number of pyridine rings is 1. The Morgan fingerprint density at radius 3 is 2.07 bits per heavy atom. The van der Waals surface area contributed by atoms with E-state index < -0.39 is 20.6 Å². The molecular weight excluding hydrogens is 717 g/mol. The van der Waals surface area contributed by atoms with Crippen molar-refractivity contribution in [3.63, 3.8) is 0 Å². The number of aliphatic hydroxyl groups is 1. The molecule has 9 nitrogen and oxygen atoms in total. The van der Waals surface area contributed by atoms with Crippen LogP contribution in [-0.2, 0) is 20.6 Å². The summed E-state index contributed by atoms with van der Waals surface area (Å²) in [5.41, 5.74) is 1.36. The third-order valence-corrected chi connectivity index (χ3v) is 14.7. The molecule has 0 saturated carbocycles. The summed E-state index contributed by atoms with van der Waals surface area (Å²) in [6.07, 6.45) is 21.8. The molecule has 0 spiro atoms. The van der Waals surface area contributed by atoms with Gasteiger partial charge < -0.3 is 19.6 Å². The van der Waals surface area contributed by atoms with Crippen molar-refractivity contribution in [2.45, 2.75) is 143 Å². The maximum Gasteiger partial charge on any atom is 0.210 e. The van der Waals surface area contributed by atoms with Crippen molar-refractivity contribution in [2.75, 3.05) is 57.0 Å². The fraction of sp³-hybridized carbons (Fsp3) is 0.651. The molecular formula is C43H64N4O5S2. The number of anilines is 1. The third-order valence-electron chi connectivity index (χ3n) is 12.0. The summed E-state index contributed by atoms with van der Waals surface area (Å²) in [6.45, 7) is 8.36. The van der Waals surface area contributed by atoms with Crippen LogP contribution in [0.2, 0.25) is 0 Å². The van der Waals surface area contributed by atoms with Crippen molar-refractivity contribution in [3.8, 4) is 5.75 Å². The first-order valence-electron chi connectivity index (χ1n) is 20.9. The summed E-state index contributed by atoms with van der Waals surface area (Å²) in [4.78, 5) is 13.0. The van der Waals surface area contributed by atoms with Crippen molar-refractivity contribution in [1.29, 1.82) is 0 Å². The van der Waals surface area contributed by atoms with E-state index >= 15 is 0 Å². The minimum absolute atomic E-state index is 0.190. The minimum atomic E-state index is -3.93. The first-order chi connectivity index (χ1) is 26.2. The number of aromatic nitrogens is 1. The van der Waals surface area contributed by atoms with Gasteiger partial charge in [0.1, 0.15) is 10.6 Å². The van der Waals surface area contributed by atoms with Gasteiger partial charge in [0, 0.05) is 65.3 Å². The van der Waals surface area contributed by atoms with Gasteiger partial charge in [-0.1, -0.05) is 64.7 Å². The molecule has 3 aliphatic heterocycles. The van der Waals surface area contributed by atoms with Crippen molar-refractivity contribution >= 4 is 37.2 Å². The molecule has 4 heterocycles. The molecule has 54 heavy (non-hydrogen) atoms. The molecule has 3 aromatic rings. The lowest BCUT2D eigenvalue weighted by Crippen LogP contribution is -2.53. The fourth-order valence-electron chi connectivity index (χ4n) is 8.85. The largest absolute Gasteiger partial charge is 0.494 e. The number of nitrogens with zero attached hydrogens (tertiary/aromatic N) is 4. The van der Waals surface area contributed by atoms with Gasteiger partial charge in [0.2, 0.25) is 9.84 Å². The summed E-state index contributed by atoms with van der Waals surface area (Å²) in [6, 6.07) is 13.4. The first kappa shape index (κ1) is 41.1. The molecule has 0 aliphatic carbocycles. The molecule has 0 amide bonds. The van der Waals surface area contributed by atoms with Gasteiger partial charge in [-0.25, -0.2) is 8.42 Å². The first-order valence-corrected chi connectivity index (χ1v) is 23.9. The quantitative estimate of drug-likeness (QED) is 0.129. The number of likely N-dealkylation sites (tertiary alicyclic amines) is 2. The number of hydrogen-bond donors (Lipinski definition) is 1. The number of hydrogen-bond acceptors (Lipinski definition) is 9. The molecule has 0 unspecified atom stereocenters. The molecule has 298 valence electrons. The topological polar surface area (TPSA) is 103 Å². The van der Waals surface area contributed by atoms with Crippen LogP contribution in [0.5, 0.6) is 5.75 Å². The van der Waals surface area contributed by atoms with E-state index in [1.807, 2.05) is 18.2 Å². The lowest BCUT2D eigenvalue weighted by molar-refractivity contribution is 0.0170. The van der Waals surface area contributed by atoms with Gasteiger partial charge in [-0.3, -0.25) is 14.1 Å². The Labute approximate surface area is 327 Å². The highest BCUT2D eigenvalue weighted by atomic mass is 32.2. The summed E-state index contributed by atoms with van der Waals surface area (Å²) in [7, 11) is -5.15. The molecule has 0 radical (unpaired) electrons. The number of piperidine rings is 3. The minimum Gasteiger partial charge on any atom is -0.494 e. The number of sulfone groups is 1. The fourth-order valence-corrected chi connectivity index (χ4v) is 10.8. The Hall–Kier alpha value is -2.57. The maximum atomic E-state index is 14.4. The van der Waals surface area contributed by atoms with E-state index in [4.69, 9.17) is 4.74 Å². The molecule has 2 aromatic carbocycles. The zero-order valence-electron chi connectivity index (χ0n) is 32.8. The van der Waals surface area contributed by atoms with Crippen LogP contribution in [0.4, 0.5) is 5.69 Å². The highest BCUT2D eigenvalue weighted by Gasteiger charge is 2.34. The lowest BCUT2D eigenvalue weighted by Gasteiger charge is -2.45. The van der Waals surface area contributed by atoms with E-state index in [9.17, 15) is 17.7 Å². The molecule has 1 aromatic heterocycles. The van der Waals surface area contributed by atoms with E-state index in [0.717, 1.165) is 96.0 Å². The van der Waals surface area contributed by atoms with E-state index in [-0.39, 0.29) is 15.9 Å². The van der Waals surface area contributed by atoms with Gasteiger partial charge >= 0.3 is 0 Å². The van der Waals surface area contributed by atoms with Crippen LogP contribution in [0.25, 0.3) is 10.9 Å². The summed E-state index contributed by atoms with van der Waals surface area (Å²) >= 11 is 0. The SMILES string of the molecule is CCCCCCCCCCCCOc1ccc(S(=O)(=O)c2cnc3ccc([S@](C)=O)cc3c2N2CCC(N3CCC(N4CCC[C@@H](O)C4)CC3)CC2)cc1. The number of rotatable bonds is 18. The predicted molar refractivity (Wildman–Crippen MR) is 220 cm³/mol.